The maximum absolute atomic E-state index is 12.4. The van der Waals surface area contributed by atoms with Crippen LogP contribution in [-0.4, -0.2) is 11.7 Å². The first kappa shape index (κ1) is 12.1. The van der Waals surface area contributed by atoms with Crippen LogP contribution in [0.25, 0.3) is 0 Å². The summed E-state index contributed by atoms with van der Waals surface area (Å²) in [6, 6.07) is 5.69. The van der Waals surface area contributed by atoms with E-state index in [9.17, 15) is 4.79 Å². The molecule has 4 heteroatoms. The maximum Gasteiger partial charge on any atom is 0.245 e. The Hall–Kier alpha value is -0.930. The van der Waals surface area contributed by atoms with Gasteiger partial charge in [0, 0.05) is 22.0 Å². The Morgan fingerprint density at radius 1 is 1.33 bits per heavy atom. The summed E-state index contributed by atoms with van der Waals surface area (Å²) in [5, 5.41) is 3.63. The van der Waals surface area contributed by atoms with Crippen molar-refractivity contribution >= 4 is 35.0 Å². The summed E-state index contributed by atoms with van der Waals surface area (Å²) in [6.45, 7) is 4.27. The molecule has 2 nitrogen and oxygen atoms in total. The Balaban J connectivity index is 2.12. The van der Waals surface area contributed by atoms with Gasteiger partial charge >= 0.3 is 0 Å². The van der Waals surface area contributed by atoms with E-state index < -0.39 is 4.75 Å². The van der Waals surface area contributed by atoms with Gasteiger partial charge in [0.05, 0.1) is 0 Å². The number of thioether (sulfide) groups is 1. The second kappa shape index (κ2) is 4.04. The Bertz CT molecular complexity index is 581. The highest BCUT2D eigenvalue weighted by atomic mass is 35.5. The number of carbonyl (C=O) groups is 1. The van der Waals surface area contributed by atoms with Crippen LogP contribution in [0.1, 0.15) is 25.8 Å². The first-order valence-corrected chi connectivity index (χ1v) is 7.30. The van der Waals surface area contributed by atoms with Crippen molar-refractivity contribution in [1.29, 1.82) is 0 Å². The van der Waals surface area contributed by atoms with Crippen LogP contribution in [0.3, 0.4) is 0 Å². The third-order valence-electron chi connectivity index (χ3n) is 3.81. The fourth-order valence-electron chi connectivity index (χ4n) is 2.57. The minimum atomic E-state index is -0.441. The van der Waals surface area contributed by atoms with Crippen molar-refractivity contribution in [2.24, 2.45) is 0 Å². The molecular formula is C14H14ClNOS. The summed E-state index contributed by atoms with van der Waals surface area (Å²) in [6.07, 6.45) is 0.796. The highest BCUT2D eigenvalue weighted by Crippen LogP contribution is 2.53. The van der Waals surface area contributed by atoms with E-state index in [1.54, 1.807) is 11.8 Å². The van der Waals surface area contributed by atoms with Crippen LogP contribution in [0.15, 0.2) is 29.3 Å². The number of anilines is 1. The molecule has 0 aliphatic carbocycles. The van der Waals surface area contributed by atoms with Gasteiger partial charge in [-0.2, -0.15) is 0 Å². The van der Waals surface area contributed by atoms with Gasteiger partial charge in [-0.3, -0.25) is 4.79 Å². The SMILES string of the molecule is CC1=C(C)CC2(SC1)C(=O)Nc1cc(Cl)ccc12. The molecule has 0 fully saturated rings. The van der Waals surface area contributed by atoms with E-state index in [0.29, 0.717) is 5.02 Å². The highest BCUT2D eigenvalue weighted by molar-refractivity contribution is 8.01. The van der Waals surface area contributed by atoms with Gasteiger partial charge in [0.2, 0.25) is 5.91 Å². The second-order valence-corrected chi connectivity index (χ2v) is 6.71. The molecule has 1 spiro atoms. The van der Waals surface area contributed by atoms with E-state index in [1.807, 2.05) is 18.2 Å². The minimum Gasteiger partial charge on any atom is -0.324 e. The number of nitrogens with one attached hydrogen (secondary N) is 1. The molecule has 0 saturated carbocycles. The molecule has 2 aliphatic heterocycles. The lowest BCUT2D eigenvalue weighted by atomic mass is 9.90. The lowest BCUT2D eigenvalue weighted by Crippen LogP contribution is -2.34. The largest absolute Gasteiger partial charge is 0.324 e. The Kier molecular flexibility index (Phi) is 2.72. The minimum absolute atomic E-state index is 0.0941. The number of carbonyl (C=O) groups excluding carboxylic acids is 1. The molecule has 1 atom stereocenters. The van der Waals surface area contributed by atoms with Crippen LogP contribution in [0.5, 0.6) is 0 Å². The number of benzene rings is 1. The number of hydrogen-bond donors (Lipinski definition) is 1. The number of fused-ring (bicyclic) bond motifs is 2. The van der Waals surface area contributed by atoms with Gasteiger partial charge in [-0.05, 0) is 32.4 Å². The maximum atomic E-state index is 12.4. The number of amides is 1. The Morgan fingerprint density at radius 3 is 2.83 bits per heavy atom. The first-order chi connectivity index (χ1) is 8.53. The predicted octanol–water partition coefficient (Wildman–Crippen LogP) is 3.96. The topological polar surface area (TPSA) is 29.1 Å². The van der Waals surface area contributed by atoms with Crippen molar-refractivity contribution in [2.45, 2.75) is 25.0 Å². The zero-order valence-corrected chi connectivity index (χ0v) is 11.9. The predicted molar refractivity (Wildman–Crippen MR) is 77.2 cm³/mol. The van der Waals surface area contributed by atoms with Gasteiger partial charge in [0.15, 0.2) is 0 Å². The Morgan fingerprint density at radius 2 is 2.11 bits per heavy atom. The summed E-state index contributed by atoms with van der Waals surface area (Å²) in [7, 11) is 0. The van der Waals surface area contributed by atoms with Crippen LogP contribution in [0.2, 0.25) is 5.02 Å². The molecule has 1 amide bonds. The zero-order chi connectivity index (χ0) is 12.9. The van der Waals surface area contributed by atoms with Crippen molar-refractivity contribution < 1.29 is 4.79 Å². The average Bonchev–Trinajstić information content (AvgIpc) is 2.57. The highest BCUT2D eigenvalue weighted by Gasteiger charge is 2.48. The van der Waals surface area contributed by atoms with E-state index in [2.05, 4.69) is 19.2 Å². The second-order valence-electron chi connectivity index (χ2n) is 5.00. The molecule has 2 aliphatic rings. The van der Waals surface area contributed by atoms with E-state index >= 15 is 0 Å². The van der Waals surface area contributed by atoms with E-state index in [-0.39, 0.29) is 5.91 Å². The van der Waals surface area contributed by atoms with E-state index in [0.717, 1.165) is 23.4 Å². The van der Waals surface area contributed by atoms with Crippen molar-refractivity contribution in [3.63, 3.8) is 0 Å². The third kappa shape index (κ3) is 1.61. The monoisotopic (exact) mass is 279 g/mol. The van der Waals surface area contributed by atoms with Crippen molar-refractivity contribution in [1.82, 2.24) is 0 Å². The van der Waals surface area contributed by atoms with E-state index in [4.69, 9.17) is 11.6 Å². The molecule has 1 N–H and O–H groups in total. The number of rotatable bonds is 0. The number of allylic oxidation sites excluding steroid dienone is 1. The lowest BCUT2D eigenvalue weighted by molar-refractivity contribution is -0.118. The molecule has 0 radical (unpaired) electrons. The summed E-state index contributed by atoms with van der Waals surface area (Å²) in [4.78, 5) is 12.4. The van der Waals surface area contributed by atoms with Crippen molar-refractivity contribution in [2.75, 3.05) is 11.1 Å². The van der Waals surface area contributed by atoms with Crippen molar-refractivity contribution in [3.05, 3.63) is 39.9 Å². The van der Waals surface area contributed by atoms with Gasteiger partial charge in [-0.15, -0.1) is 11.8 Å². The first-order valence-electron chi connectivity index (χ1n) is 5.93. The molecule has 2 heterocycles. The Labute approximate surface area is 116 Å². The molecule has 1 aromatic rings. The molecular weight excluding hydrogens is 266 g/mol. The van der Waals surface area contributed by atoms with Crippen LogP contribution >= 0.6 is 23.4 Å². The van der Waals surface area contributed by atoms with Crippen LogP contribution in [0, 0.1) is 0 Å². The molecule has 1 aromatic carbocycles. The van der Waals surface area contributed by atoms with Gasteiger partial charge in [-0.1, -0.05) is 28.8 Å². The lowest BCUT2D eigenvalue weighted by Gasteiger charge is -2.32. The molecule has 0 saturated heterocycles. The van der Waals surface area contributed by atoms with Gasteiger partial charge in [0.1, 0.15) is 4.75 Å². The third-order valence-corrected chi connectivity index (χ3v) is 5.66. The smallest absolute Gasteiger partial charge is 0.245 e. The summed E-state index contributed by atoms with van der Waals surface area (Å²) >= 11 is 7.71. The average molecular weight is 280 g/mol. The van der Waals surface area contributed by atoms with Crippen LogP contribution < -0.4 is 5.32 Å². The van der Waals surface area contributed by atoms with Crippen molar-refractivity contribution in [3.8, 4) is 0 Å². The summed E-state index contributed by atoms with van der Waals surface area (Å²) in [5.74, 6) is 1.01. The van der Waals surface area contributed by atoms with Crippen LogP contribution in [0.4, 0.5) is 5.69 Å². The summed E-state index contributed by atoms with van der Waals surface area (Å²) in [5.41, 5.74) is 4.66. The quantitative estimate of drug-likeness (QED) is 0.728. The summed E-state index contributed by atoms with van der Waals surface area (Å²) < 4.78 is -0.441. The fraction of sp³-hybridized carbons (Fsp3) is 0.357. The fourth-order valence-corrected chi connectivity index (χ4v) is 4.28. The number of halogens is 1. The molecule has 3 rings (SSSR count). The van der Waals surface area contributed by atoms with Gasteiger partial charge in [-0.25, -0.2) is 0 Å². The molecule has 1 unspecified atom stereocenters. The molecule has 94 valence electrons. The molecule has 0 bridgehead atoms. The number of hydrogen-bond acceptors (Lipinski definition) is 2. The van der Waals surface area contributed by atoms with Gasteiger partial charge < -0.3 is 5.32 Å². The van der Waals surface area contributed by atoms with E-state index in [1.165, 1.54) is 11.1 Å². The molecule has 18 heavy (non-hydrogen) atoms. The van der Waals surface area contributed by atoms with Gasteiger partial charge in [0.25, 0.3) is 0 Å². The standard InChI is InChI=1S/C14H14ClNOS/c1-8-6-14(18-7-9(8)2)11-4-3-10(15)5-12(11)16-13(14)17/h3-5H,6-7H2,1-2H3,(H,16,17). The normalized spacial score (nSPS) is 26.5. The van der Waals surface area contributed by atoms with Crippen LogP contribution in [-0.2, 0) is 9.54 Å². The zero-order valence-electron chi connectivity index (χ0n) is 10.3. The molecule has 0 aromatic heterocycles.